The first kappa shape index (κ1) is 11.1. The Morgan fingerprint density at radius 2 is 2.18 bits per heavy atom. The van der Waals surface area contributed by atoms with Gasteiger partial charge in [-0.3, -0.25) is 0 Å². The van der Waals surface area contributed by atoms with E-state index in [-0.39, 0.29) is 17.5 Å². The molecule has 1 aliphatic heterocycles. The van der Waals surface area contributed by atoms with Gasteiger partial charge in [0, 0.05) is 11.0 Å². The van der Waals surface area contributed by atoms with Gasteiger partial charge in [0.25, 0.3) is 0 Å². The summed E-state index contributed by atoms with van der Waals surface area (Å²) in [5, 5.41) is 0. The Labute approximate surface area is 103 Å². The molecule has 0 unspecified atom stereocenters. The highest BCUT2D eigenvalue weighted by Gasteiger charge is 2.55. The van der Waals surface area contributed by atoms with Crippen LogP contribution in [0.3, 0.4) is 0 Å². The molecule has 2 heteroatoms. The van der Waals surface area contributed by atoms with Gasteiger partial charge in [-0.05, 0) is 43.6 Å². The molecule has 0 saturated carbocycles. The Balaban J connectivity index is 2.07. The van der Waals surface area contributed by atoms with E-state index in [0.29, 0.717) is 11.8 Å². The maximum atomic E-state index is 12.1. The molecule has 0 aromatic heterocycles. The molecule has 0 aromatic carbocycles. The van der Waals surface area contributed by atoms with Crippen molar-refractivity contribution in [1.29, 1.82) is 0 Å². The van der Waals surface area contributed by atoms with Crippen molar-refractivity contribution in [3.63, 3.8) is 0 Å². The largest absolute Gasteiger partial charge is 0.454 e. The summed E-state index contributed by atoms with van der Waals surface area (Å²) in [6, 6.07) is 0. The van der Waals surface area contributed by atoms with Crippen LogP contribution in [0.1, 0.15) is 40.0 Å². The molecule has 3 atom stereocenters. The smallest absolute Gasteiger partial charge is 0.334 e. The predicted octanol–water partition coefficient (Wildman–Crippen LogP) is 3.24. The van der Waals surface area contributed by atoms with Crippen molar-refractivity contribution in [1.82, 2.24) is 0 Å². The Bertz CT molecular complexity index is 430. The van der Waals surface area contributed by atoms with E-state index >= 15 is 0 Å². The van der Waals surface area contributed by atoms with Crippen molar-refractivity contribution in [2.45, 2.75) is 46.1 Å². The van der Waals surface area contributed by atoms with Crippen LogP contribution < -0.4 is 0 Å². The second-order valence-electron chi connectivity index (χ2n) is 6.11. The minimum absolute atomic E-state index is 0.0350. The van der Waals surface area contributed by atoms with E-state index in [1.165, 1.54) is 5.57 Å². The van der Waals surface area contributed by atoms with Gasteiger partial charge in [-0.2, -0.15) is 0 Å². The van der Waals surface area contributed by atoms with Gasteiger partial charge in [-0.15, -0.1) is 0 Å². The molecule has 2 aliphatic carbocycles. The zero-order chi connectivity index (χ0) is 12.2. The number of ether oxygens (including phenoxy) is 1. The van der Waals surface area contributed by atoms with Gasteiger partial charge < -0.3 is 4.74 Å². The Hall–Kier alpha value is -1.05. The second kappa shape index (κ2) is 3.47. The topological polar surface area (TPSA) is 26.3 Å². The molecular weight excluding hydrogens is 212 g/mol. The van der Waals surface area contributed by atoms with Crippen molar-refractivity contribution in [3.05, 3.63) is 23.3 Å². The third-order valence-electron chi connectivity index (χ3n) is 4.94. The van der Waals surface area contributed by atoms with Crippen LogP contribution in [-0.4, -0.2) is 12.1 Å². The van der Waals surface area contributed by atoms with Gasteiger partial charge in [-0.25, -0.2) is 4.79 Å². The quantitative estimate of drug-likeness (QED) is 0.512. The molecule has 1 saturated heterocycles. The summed E-state index contributed by atoms with van der Waals surface area (Å²) in [7, 11) is 0. The fourth-order valence-corrected chi connectivity index (χ4v) is 3.97. The average molecular weight is 232 g/mol. The van der Waals surface area contributed by atoms with E-state index in [4.69, 9.17) is 4.74 Å². The summed E-state index contributed by atoms with van der Waals surface area (Å²) < 4.78 is 5.53. The number of hydrogen-bond donors (Lipinski definition) is 0. The Morgan fingerprint density at radius 1 is 1.41 bits per heavy atom. The van der Waals surface area contributed by atoms with E-state index in [0.717, 1.165) is 24.8 Å². The minimum Gasteiger partial charge on any atom is -0.454 e. The molecule has 3 aliphatic rings. The standard InChI is InChI=1S/C15H20O2/c1-9(2)11-4-5-12-14(16)17-13-8-15(11,12)7-6-10(13)3/h5-6,9,11,13H,4,7-8H2,1-3H3/t11-,13-,15-/m0/s1. The second-order valence-corrected chi connectivity index (χ2v) is 6.11. The van der Waals surface area contributed by atoms with E-state index in [9.17, 15) is 4.79 Å². The zero-order valence-corrected chi connectivity index (χ0v) is 10.8. The lowest BCUT2D eigenvalue weighted by Gasteiger charge is -2.47. The summed E-state index contributed by atoms with van der Waals surface area (Å²) in [6.07, 6.45) is 7.54. The van der Waals surface area contributed by atoms with Gasteiger partial charge in [0.1, 0.15) is 6.10 Å². The van der Waals surface area contributed by atoms with Crippen molar-refractivity contribution in [3.8, 4) is 0 Å². The molecule has 1 heterocycles. The van der Waals surface area contributed by atoms with Crippen molar-refractivity contribution >= 4 is 5.97 Å². The lowest BCUT2D eigenvalue weighted by Crippen LogP contribution is -2.46. The fraction of sp³-hybridized carbons (Fsp3) is 0.667. The van der Waals surface area contributed by atoms with Gasteiger partial charge in [0.15, 0.2) is 0 Å². The van der Waals surface area contributed by atoms with Gasteiger partial charge >= 0.3 is 5.97 Å². The number of carbonyl (C=O) groups is 1. The monoisotopic (exact) mass is 232 g/mol. The number of fused-ring (bicyclic) bond motifs is 1. The van der Waals surface area contributed by atoms with Crippen LogP contribution in [0.5, 0.6) is 0 Å². The molecule has 2 nitrogen and oxygen atoms in total. The molecule has 92 valence electrons. The van der Waals surface area contributed by atoms with Crippen LogP contribution in [0.25, 0.3) is 0 Å². The van der Waals surface area contributed by atoms with Crippen LogP contribution in [-0.2, 0) is 9.53 Å². The molecule has 17 heavy (non-hydrogen) atoms. The molecular formula is C15H20O2. The predicted molar refractivity (Wildman–Crippen MR) is 66.3 cm³/mol. The summed E-state index contributed by atoms with van der Waals surface area (Å²) in [6.45, 7) is 6.63. The average Bonchev–Trinajstić information content (AvgIpc) is 2.64. The van der Waals surface area contributed by atoms with E-state index in [2.05, 4.69) is 32.9 Å². The molecule has 1 fully saturated rings. The summed E-state index contributed by atoms with van der Waals surface area (Å²) in [5.41, 5.74) is 2.29. The summed E-state index contributed by atoms with van der Waals surface area (Å²) in [5.74, 6) is 1.18. The van der Waals surface area contributed by atoms with Crippen LogP contribution >= 0.6 is 0 Å². The highest BCUT2D eigenvalue weighted by molar-refractivity contribution is 5.92. The minimum atomic E-state index is -0.0585. The number of carbonyl (C=O) groups excluding carboxylic acids is 1. The number of esters is 1. The van der Waals surface area contributed by atoms with E-state index in [1.54, 1.807) is 0 Å². The molecule has 0 N–H and O–H groups in total. The van der Waals surface area contributed by atoms with Crippen LogP contribution in [0.4, 0.5) is 0 Å². The summed E-state index contributed by atoms with van der Waals surface area (Å²) in [4.78, 5) is 12.1. The van der Waals surface area contributed by atoms with E-state index in [1.807, 2.05) is 0 Å². The number of hydrogen-bond acceptors (Lipinski definition) is 2. The fourth-order valence-electron chi connectivity index (χ4n) is 3.97. The first-order valence-electron chi connectivity index (χ1n) is 6.63. The maximum absolute atomic E-state index is 12.1. The first-order chi connectivity index (χ1) is 8.04. The number of allylic oxidation sites excluding steroid dienone is 2. The Kier molecular flexibility index (Phi) is 2.26. The molecule has 0 amide bonds. The highest BCUT2D eigenvalue weighted by Crippen LogP contribution is 2.58. The first-order valence-corrected chi connectivity index (χ1v) is 6.63. The van der Waals surface area contributed by atoms with Gasteiger partial charge in [0.2, 0.25) is 0 Å². The zero-order valence-electron chi connectivity index (χ0n) is 10.8. The molecule has 0 radical (unpaired) electrons. The van der Waals surface area contributed by atoms with Crippen molar-refractivity contribution in [2.75, 3.05) is 0 Å². The van der Waals surface area contributed by atoms with Gasteiger partial charge in [0.05, 0.1) is 0 Å². The Morgan fingerprint density at radius 3 is 2.88 bits per heavy atom. The third kappa shape index (κ3) is 1.36. The van der Waals surface area contributed by atoms with Crippen LogP contribution in [0, 0.1) is 17.3 Å². The summed E-state index contributed by atoms with van der Waals surface area (Å²) >= 11 is 0. The number of rotatable bonds is 1. The normalized spacial score (nSPS) is 39.6. The van der Waals surface area contributed by atoms with Gasteiger partial charge in [-0.1, -0.05) is 26.0 Å². The van der Waals surface area contributed by atoms with Crippen LogP contribution in [0.15, 0.2) is 23.3 Å². The van der Waals surface area contributed by atoms with E-state index < -0.39 is 0 Å². The van der Waals surface area contributed by atoms with Crippen molar-refractivity contribution < 1.29 is 9.53 Å². The lowest BCUT2D eigenvalue weighted by molar-refractivity contribution is -0.152. The third-order valence-corrected chi connectivity index (χ3v) is 4.94. The SMILES string of the molecule is CC1=CC[C@@]23C[C@@H]1OC(=O)C2=CC[C@H]3C(C)C. The maximum Gasteiger partial charge on any atom is 0.334 e. The van der Waals surface area contributed by atoms with Crippen LogP contribution in [0.2, 0.25) is 0 Å². The lowest BCUT2D eigenvalue weighted by atomic mass is 9.60. The molecule has 2 bridgehead atoms. The molecule has 3 rings (SSSR count). The molecule has 1 spiro atoms. The highest BCUT2D eigenvalue weighted by atomic mass is 16.5. The van der Waals surface area contributed by atoms with Crippen molar-refractivity contribution in [2.24, 2.45) is 17.3 Å². The molecule has 0 aromatic rings.